The Hall–Kier alpha value is -1.72. The largest absolute Gasteiger partial charge is 0.383 e. The molecule has 20 heavy (non-hydrogen) atoms. The second-order valence-corrected chi connectivity index (χ2v) is 5.10. The fraction of sp³-hybridized carbons (Fsp3) is 0.467. The first-order valence-corrected chi connectivity index (χ1v) is 7.08. The van der Waals surface area contributed by atoms with E-state index in [-0.39, 0.29) is 0 Å². The average molecular weight is 272 g/mol. The van der Waals surface area contributed by atoms with Crippen molar-refractivity contribution in [1.82, 2.24) is 20.1 Å². The van der Waals surface area contributed by atoms with Gasteiger partial charge in [0.1, 0.15) is 0 Å². The van der Waals surface area contributed by atoms with Crippen molar-refractivity contribution in [2.75, 3.05) is 20.3 Å². The van der Waals surface area contributed by atoms with Gasteiger partial charge < -0.3 is 10.1 Å². The Bertz CT molecular complexity index is 548. The van der Waals surface area contributed by atoms with Crippen molar-refractivity contribution in [2.24, 2.45) is 0 Å². The Morgan fingerprint density at radius 3 is 3.00 bits per heavy atom. The molecule has 1 aliphatic carbocycles. The molecule has 5 heteroatoms. The molecule has 0 aromatic carbocycles. The van der Waals surface area contributed by atoms with Crippen LogP contribution in [0.3, 0.4) is 0 Å². The number of hydrogen-bond donors (Lipinski definition) is 1. The van der Waals surface area contributed by atoms with Crippen molar-refractivity contribution in [1.29, 1.82) is 0 Å². The lowest BCUT2D eigenvalue weighted by Crippen LogP contribution is -2.19. The SMILES string of the molecule is COCCNCc1cnn(-c2ccccn2)c1C1CC1. The minimum Gasteiger partial charge on any atom is -0.383 e. The Morgan fingerprint density at radius 2 is 2.30 bits per heavy atom. The molecule has 0 atom stereocenters. The fourth-order valence-electron chi connectivity index (χ4n) is 2.38. The molecule has 0 bridgehead atoms. The van der Waals surface area contributed by atoms with Gasteiger partial charge in [-0.1, -0.05) is 6.07 Å². The lowest BCUT2D eigenvalue weighted by Gasteiger charge is -2.08. The van der Waals surface area contributed by atoms with E-state index in [9.17, 15) is 0 Å². The van der Waals surface area contributed by atoms with Crippen LogP contribution >= 0.6 is 0 Å². The Morgan fingerprint density at radius 1 is 1.40 bits per heavy atom. The molecule has 0 saturated heterocycles. The zero-order valence-electron chi connectivity index (χ0n) is 11.7. The summed E-state index contributed by atoms with van der Waals surface area (Å²) in [7, 11) is 1.72. The molecule has 0 aliphatic heterocycles. The Balaban J connectivity index is 1.80. The third kappa shape index (κ3) is 2.89. The number of rotatable bonds is 7. The van der Waals surface area contributed by atoms with Gasteiger partial charge in [0, 0.05) is 37.9 Å². The van der Waals surface area contributed by atoms with Crippen LogP contribution in [-0.2, 0) is 11.3 Å². The van der Waals surface area contributed by atoms with Crippen LogP contribution in [0, 0.1) is 0 Å². The maximum atomic E-state index is 5.05. The number of nitrogens with zero attached hydrogens (tertiary/aromatic N) is 3. The zero-order valence-corrected chi connectivity index (χ0v) is 11.7. The summed E-state index contributed by atoms with van der Waals surface area (Å²) in [5, 5.41) is 7.92. The van der Waals surface area contributed by atoms with E-state index in [0.717, 1.165) is 25.5 Å². The first-order valence-electron chi connectivity index (χ1n) is 7.08. The summed E-state index contributed by atoms with van der Waals surface area (Å²) in [5.74, 6) is 1.54. The van der Waals surface area contributed by atoms with Gasteiger partial charge in [-0.3, -0.25) is 0 Å². The normalized spacial score (nSPS) is 14.7. The summed E-state index contributed by atoms with van der Waals surface area (Å²) in [6.45, 7) is 2.42. The van der Waals surface area contributed by atoms with E-state index in [1.165, 1.54) is 24.1 Å². The molecule has 1 fully saturated rings. The number of methoxy groups -OCH3 is 1. The maximum absolute atomic E-state index is 5.05. The van der Waals surface area contributed by atoms with Gasteiger partial charge >= 0.3 is 0 Å². The minimum atomic E-state index is 0.638. The van der Waals surface area contributed by atoms with Gasteiger partial charge in [0.15, 0.2) is 5.82 Å². The molecular formula is C15H20N4O. The second kappa shape index (κ2) is 6.15. The van der Waals surface area contributed by atoms with Crippen molar-refractivity contribution in [3.63, 3.8) is 0 Å². The van der Waals surface area contributed by atoms with Crippen LogP contribution in [0.5, 0.6) is 0 Å². The quantitative estimate of drug-likeness (QED) is 0.782. The number of pyridine rings is 1. The van der Waals surface area contributed by atoms with Gasteiger partial charge in [-0.2, -0.15) is 5.10 Å². The van der Waals surface area contributed by atoms with Crippen molar-refractivity contribution < 1.29 is 4.74 Å². The summed E-state index contributed by atoms with van der Waals surface area (Å²) < 4.78 is 7.04. The highest BCUT2D eigenvalue weighted by Crippen LogP contribution is 2.42. The topological polar surface area (TPSA) is 52.0 Å². The van der Waals surface area contributed by atoms with E-state index in [1.807, 2.05) is 35.3 Å². The summed E-state index contributed by atoms with van der Waals surface area (Å²) in [6, 6.07) is 5.93. The van der Waals surface area contributed by atoms with Crippen LogP contribution in [0.15, 0.2) is 30.6 Å². The smallest absolute Gasteiger partial charge is 0.153 e. The molecule has 0 radical (unpaired) electrons. The first kappa shape index (κ1) is 13.3. The van der Waals surface area contributed by atoms with E-state index < -0.39 is 0 Å². The molecule has 0 amide bonds. The summed E-state index contributed by atoms with van der Waals surface area (Å²) >= 11 is 0. The van der Waals surface area contributed by atoms with Crippen molar-refractivity contribution in [3.05, 3.63) is 41.9 Å². The molecule has 2 aromatic heterocycles. The number of aromatic nitrogens is 3. The van der Waals surface area contributed by atoms with Gasteiger partial charge in [0.25, 0.3) is 0 Å². The molecule has 1 saturated carbocycles. The zero-order chi connectivity index (χ0) is 13.8. The average Bonchev–Trinajstić information content (AvgIpc) is 3.25. The molecular weight excluding hydrogens is 252 g/mol. The number of hydrogen-bond acceptors (Lipinski definition) is 4. The predicted molar refractivity (Wildman–Crippen MR) is 76.9 cm³/mol. The van der Waals surface area contributed by atoms with E-state index in [2.05, 4.69) is 15.4 Å². The molecule has 0 unspecified atom stereocenters. The van der Waals surface area contributed by atoms with Crippen molar-refractivity contribution in [3.8, 4) is 5.82 Å². The standard InChI is InChI=1S/C15H20N4O/c1-20-9-8-16-10-13-11-18-19(15(13)12-5-6-12)14-4-2-3-7-17-14/h2-4,7,11-12,16H,5-6,8-10H2,1H3. The molecule has 106 valence electrons. The van der Waals surface area contributed by atoms with Crippen LogP contribution in [-0.4, -0.2) is 35.0 Å². The lowest BCUT2D eigenvalue weighted by molar-refractivity contribution is 0.199. The van der Waals surface area contributed by atoms with E-state index >= 15 is 0 Å². The highest BCUT2D eigenvalue weighted by atomic mass is 16.5. The van der Waals surface area contributed by atoms with Gasteiger partial charge in [-0.25, -0.2) is 9.67 Å². The Labute approximate surface area is 119 Å². The maximum Gasteiger partial charge on any atom is 0.153 e. The van der Waals surface area contributed by atoms with Gasteiger partial charge in [-0.15, -0.1) is 0 Å². The van der Waals surface area contributed by atoms with Gasteiger partial charge in [-0.05, 0) is 25.0 Å². The van der Waals surface area contributed by atoms with Crippen LogP contribution in [0.25, 0.3) is 5.82 Å². The third-order valence-corrected chi connectivity index (χ3v) is 3.51. The second-order valence-electron chi connectivity index (χ2n) is 5.10. The fourth-order valence-corrected chi connectivity index (χ4v) is 2.38. The van der Waals surface area contributed by atoms with Crippen molar-refractivity contribution in [2.45, 2.75) is 25.3 Å². The number of nitrogens with one attached hydrogen (secondary N) is 1. The van der Waals surface area contributed by atoms with Crippen LogP contribution in [0.4, 0.5) is 0 Å². The minimum absolute atomic E-state index is 0.638. The van der Waals surface area contributed by atoms with Crippen LogP contribution in [0.2, 0.25) is 0 Å². The molecule has 5 nitrogen and oxygen atoms in total. The molecule has 1 aliphatic rings. The molecule has 2 heterocycles. The summed E-state index contributed by atoms with van der Waals surface area (Å²) in [6.07, 6.45) is 6.28. The Kier molecular flexibility index (Phi) is 4.08. The lowest BCUT2D eigenvalue weighted by atomic mass is 10.1. The molecule has 2 aromatic rings. The van der Waals surface area contributed by atoms with Crippen LogP contribution in [0.1, 0.15) is 30.0 Å². The highest BCUT2D eigenvalue weighted by molar-refractivity contribution is 5.33. The van der Waals surface area contributed by atoms with Crippen LogP contribution < -0.4 is 5.32 Å². The van der Waals surface area contributed by atoms with Gasteiger partial charge in [0.2, 0.25) is 0 Å². The predicted octanol–water partition coefficient (Wildman–Crippen LogP) is 1.88. The molecule has 3 rings (SSSR count). The highest BCUT2D eigenvalue weighted by Gasteiger charge is 2.30. The molecule has 1 N–H and O–H groups in total. The summed E-state index contributed by atoms with van der Waals surface area (Å²) in [4.78, 5) is 4.40. The van der Waals surface area contributed by atoms with E-state index in [1.54, 1.807) is 7.11 Å². The molecule has 0 spiro atoms. The van der Waals surface area contributed by atoms with E-state index in [4.69, 9.17) is 4.74 Å². The van der Waals surface area contributed by atoms with Crippen molar-refractivity contribution >= 4 is 0 Å². The summed E-state index contributed by atoms with van der Waals surface area (Å²) in [5.41, 5.74) is 2.59. The number of ether oxygens (including phenoxy) is 1. The monoisotopic (exact) mass is 272 g/mol. The van der Waals surface area contributed by atoms with E-state index in [0.29, 0.717) is 5.92 Å². The first-order chi connectivity index (χ1) is 9.90. The third-order valence-electron chi connectivity index (χ3n) is 3.51. The van der Waals surface area contributed by atoms with Gasteiger partial charge in [0.05, 0.1) is 18.5 Å².